The molecule has 0 saturated carbocycles. The normalized spacial score (nSPS) is 10.2. The molecule has 118 valence electrons. The molecule has 2 aromatic rings. The summed E-state index contributed by atoms with van der Waals surface area (Å²) < 4.78 is 0. The zero-order valence-electron chi connectivity index (χ0n) is 13.6. The molecule has 0 saturated heterocycles. The Morgan fingerprint density at radius 3 is 2.61 bits per heavy atom. The van der Waals surface area contributed by atoms with Crippen LogP contribution in [0.15, 0.2) is 23.4 Å². The fourth-order valence-electron chi connectivity index (χ4n) is 2.00. The molecule has 1 N–H and O–H groups in total. The molecule has 2 rings (SSSR count). The lowest BCUT2D eigenvalue weighted by atomic mass is 10.1. The molecule has 0 aromatic carbocycles. The number of hydrogen-bond donors (Lipinski definition) is 1. The van der Waals surface area contributed by atoms with E-state index in [1.807, 2.05) is 33.8 Å². The van der Waals surface area contributed by atoms with Crippen LogP contribution < -0.4 is 5.32 Å². The first-order valence-corrected chi connectivity index (χ1v) is 8.14. The third kappa shape index (κ3) is 4.08. The second-order valence-electron chi connectivity index (χ2n) is 5.30. The number of pyridine rings is 2. The minimum Gasteiger partial charge on any atom is -0.310 e. The van der Waals surface area contributed by atoms with Crippen LogP contribution in [0.3, 0.4) is 0 Å². The molecule has 0 aliphatic rings. The van der Waals surface area contributed by atoms with Crippen molar-refractivity contribution in [1.82, 2.24) is 9.97 Å². The Morgan fingerprint density at radius 1 is 1.26 bits per heavy atom. The van der Waals surface area contributed by atoms with E-state index in [9.17, 15) is 10.1 Å². The molecule has 0 atom stereocenters. The van der Waals surface area contributed by atoms with Gasteiger partial charge in [-0.2, -0.15) is 5.26 Å². The molecule has 6 heteroatoms. The number of carbonyl (C=O) groups is 1. The first kappa shape index (κ1) is 17.0. The predicted molar refractivity (Wildman–Crippen MR) is 91.5 cm³/mol. The molecule has 0 bridgehead atoms. The van der Waals surface area contributed by atoms with E-state index in [2.05, 4.69) is 21.4 Å². The number of carbonyl (C=O) groups excluding carboxylic acids is 1. The summed E-state index contributed by atoms with van der Waals surface area (Å²) in [4.78, 5) is 20.6. The van der Waals surface area contributed by atoms with Crippen LogP contribution in [0.25, 0.3) is 0 Å². The maximum absolute atomic E-state index is 12.0. The highest BCUT2D eigenvalue weighted by Crippen LogP contribution is 2.26. The molecule has 5 nitrogen and oxygen atoms in total. The second-order valence-corrected chi connectivity index (χ2v) is 6.26. The lowest BCUT2D eigenvalue weighted by molar-refractivity contribution is -0.113. The van der Waals surface area contributed by atoms with Crippen molar-refractivity contribution >= 4 is 23.5 Å². The van der Waals surface area contributed by atoms with Gasteiger partial charge in [0.2, 0.25) is 5.91 Å². The van der Waals surface area contributed by atoms with Gasteiger partial charge in [-0.1, -0.05) is 17.8 Å². The summed E-state index contributed by atoms with van der Waals surface area (Å²) in [5, 5.41) is 12.7. The van der Waals surface area contributed by atoms with Gasteiger partial charge in [-0.3, -0.25) is 4.79 Å². The van der Waals surface area contributed by atoms with Gasteiger partial charge in [0.05, 0.1) is 11.3 Å². The molecular formula is C17H18N4OS. The maximum Gasteiger partial charge on any atom is 0.235 e. The second kappa shape index (κ2) is 7.25. The quantitative estimate of drug-likeness (QED) is 0.872. The van der Waals surface area contributed by atoms with Gasteiger partial charge >= 0.3 is 0 Å². The van der Waals surface area contributed by atoms with Crippen molar-refractivity contribution in [2.24, 2.45) is 0 Å². The molecule has 1 amide bonds. The number of anilines is 1. The highest BCUT2D eigenvalue weighted by Gasteiger charge is 2.14. The maximum atomic E-state index is 12.0. The van der Waals surface area contributed by atoms with Gasteiger partial charge in [-0.15, -0.1) is 0 Å². The Labute approximate surface area is 140 Å². The summed E-state index contributed by atoms with van der Waals surface area (Å²) in [6.07, 6.45) is 1.70. The summed E-state index contributed by atoms with van der Waals surface area (Å²) in [6, 6.07) is 5.83. The zero-order valence-corrected chi connectivity index (χ0v) is 14.4. The number of thioether (sulfide) groups is 1. The minimum absolute atomic E-state index is 0.173. The lowest BCUT2D eigenvalue weighted by Crippen LogP contribution is -2.15. The number of hydrogen-bond acceptors (Lipinski definition) is 5. The van der Waals surface area contributed by atoms with Crippen LogP contribution in [0.4, 0.5) is 5.82 Å². The van der Waals surface area contributed by atoms with Crippen LogP contribution in [-0.4, -0.2) is 21.6 Å². The minimum atomic E-state index is -0.173. The SMILES string of the molecule is Cc1ccc(NC(=O)CSc2nc(C)c(C)c(C)c2C#N)nc1. The Balaban J connectivity index is 2.07. The Kier molecular flexibility index (Phi) is 5.35. The predicted octanol–water partition coefficient (Wildman–Crippen LogP) is 3.31. The number of aromatic nitrogens is 2. The molecule has 0 fully saturated rings. The molecule has 0 radical (unpaired) electrons. The number of aryl methyl sites for hydroxylation is 2. The Bertz CT molecular complexity index is 779. The van der Waals surface area contributed by atoms with Crippen molar-refractivity contribution in [2.45, 2.75) is 32.7 Å². The average molecular weight is 326 g/mol. The molecule has 0 spiro atoms. The van der Waals surface area contributed by atoms with Crippen LogP contribution >= 0.6 is 11.8 Å². The molecule has 0 aliphatic heterocycles. The number of nitrogens with one attached hydrogen (secondary N) is 1. The van der Waals surface area contributed by atoms with Crippen LogP contribution in [-0.2, 0) is 4.79 Å². The van der Waals surface area contributed by atoms with Gasteiger partial charge < -0.3 is 5.32 Å². The smallest absolute Gasteiger partial charge is 0.235 e. The fourth-order valence-corrected chi connectivity index (χ4v) is 2.89. The van der Waals surface area contributed by atoms with E-state index in [4.69, 9.17) is 0 Å². The van der Waals surface area contributed by atoms with E-state index < -0.39 is 0 Å². The Hall–Kier alpha value is -2.39. The Morgan fingerprint density at radius 2 is 2.00 bits per heavy atom. The number of rotatable bonds is 4. The summed E-state index contributed by atoms with van der Waals surface area (Å²) in [5.41, 5.74) is 4.39. The van der Waals surface area contributed by atoms with E-state index in [0.29, 0.717) is 16.4 Å². The van der Waals surface area contributed by atoms with E-state index in [1.54, 1.807) is 12.3 Å². The van der Waals surface area contributed by atoms with E-state index >= 15 is 0 Å². The standard InChI is InChI=1S/C17H18N4OS/c1-10-5-6-15(19-8-10)21-16(22)9-23-17-14(7-18)12(3)11(2)13(4)20-17/h5-6,8H,9H2,1-4H3,(H,19,21,22). The zero-order chi connectivity index (χ0) is 17.0. The lowest BCUT2D eigenvalue weighted by Gasteiger charge is -2.11. The topological polar surface area (TPSA) is 78.7 Å². The van der Waals surface area contributed by atoms with Crippen molar-refractivity contribution in [2.75, 3.05) is 11.1 Å². The molecule has 2 aromatic heterocycles. The monoisotopic (exact) mass is 326 g/mol. The highest BCUT2D eigenvalue weighted by atomic mass is 32.2. The van der Waals surface area contributed by atoms with Gasteiger partial charge in [0.25, 0.3) is 0 Å². The van der Waals surface area contributed by atoms with Gasteiger partial charge in [0, 0.05) is 11.9 Å². The van der Waals surface area contributed by atoms with Crippen molar-refractivity contribution < 1.29 is 4.79 Å². The first-order chi connectivity index (χ1) is 10.9. The van der Waals surface area contributed by atoms with Gasteiger partial charge in [0.15, 0.2) is 0 Å². The van der Waals surface area contributed by atoms with Crippen LogP contribution in [0.5, 0.6) is 0 Å². The summed E-state index contributed by atoms with van der Waals surface area (Å²) in [7, 11) is 0. The third-order valence-corrected chi connectivity index (χ3v) is 4.57. The van der Waals surface area contributed by atoms with Crippen molar-refractivity contribution in [3.63, 3.8) is 0 Å². The van der Waals surface area contributed by atoms with Crippen LogP contribution in [0.1, 0.15) is 27.9 Å². The molecule has 0 aliphatic carbocycles. The number of nitriles is 1. The third-order valence-electron chi connectivity index (χ3n) is 3.59. The largest absolute Gasteiger partial charge is 0.310 e. The van der Waals surface area contributed by atoms with E-state index in [1.165, 1.54) is 11.8 Å². The van der Waals surface area contributed by atoms with Gasteiger partial charge in [-0.05, 0) is 50.5 Å². The summed E-state index contributed by atoms with van der Waals surface area (Å²) in [6.45, 7) is 7.70. The van der Waals surface area contributed by atoms with E-state index in [0.717, 1.165) is 22.4 Å². The van der Waals surface area contributed by atoms with Crippen molar-refractivity contribution in [3.8, 4) is 6.07 Å². The van der Waals surface area contributed by atoms with Crippen molar-refractivity contribution in [3.05, 3.63) is 46.3 Å². The van der Waals surface area contributed by atoms with E-state index in [-0.39, 0.29) is 11.7 Å². The molecule has 0 unspecified atom stereocenters. The number of amides is 1. The van der Waals surface area contributed by atoms with Gasteiger partial charge in [0.1, 0.15) is 16.9 Å². The summed E-state index contributed by atoms with van der Waals surface area (Å²) >= 11 is 1.27. The fraction of sp³-hybridized carbons (Fsp3) is 0.294. The number of nitrogens with zero attached hydrogens (tertiary/aromatic N) is 3. The average Bonchev–Trinajstić information content (AvgIpc) is 2.53. The van der Waals surface area contributed by atoms with Crippen LogP contribution in [0, 0.1) is 39.0 Å². The van der Waals surface area contributed by atoms with Gasteiger partial charge in [-0.25, -0.2) is 9.97 Å². The molecular weight excluding hydrogens is 308 g/mol. The first-order valence-electron chi connectivity index (χ1n) is 7.15. The molecule has 2 heterocycles. The molecule has 23 heavy (non-hydrogen) atoms. The summed E-state index contributed by atoms with van der Waals surface area (Å²) in [5.74, 6) is 0.526. The van der Waals surface area contributed by atoms with Crippen LogP contribution in [0.2, 0.25) is 0 Å². The highest BCUT2D eigenvalue weighted by molar-refractivity contribution is 8.00. The van der Waals surface area contributed by atoms with Crippen molar-refractivity contribution in [1.29, 1.82) is 5.26 Å².